The van der Waals surface area contributed by atoms with Crippen LogP contribution in [0.5, 0.6) is 0 Å². The highest BCUT2D eigenvalue weighted by atomic mass is 16.1. The van der Waals surface area contributed by atoms with E-state index in [4.69, 9.17) is 0 Å². The first kappa shape index (κ1) is 16.8. The highest BCUT2D eigenvalue weighted by molar-refractivity contribution is 6.04. The number of pyridine rings is 1. The summed E-state index contributed by atoms with van der Waals surface area (Å²) >= 11 is 0. The number of nitrogens with one attached hydrogen (secondary N) is 3. The second-order valence-electron chi connectivity index (χ2n) is 7.52. The summed E-state index contributed by atoms with van der Waals surface area (Å²) in [5, 5.41) is 10.8. The summed E-state index contributed by atoms with van der Waals surface area (Å²) in [7, 11) is 0. The van der Waals surface area contributed by atoms with Crippen LogP contribution in [0.4, 0.5) is 5.69 Å². The zero-order valence-corrected chi connectivity index (χ0v) is 15.9. The molecule has 1 aliphatic heterocycles. The van der Waals surface area contributed by atoms with Crippen LogP contribution < -0.4 is 5.32 Å². The molecule has 2 aliphatic rings. The Morgan fingerprint density at radius 1 is 1.29 bits per heavy atom. The van der Waals surface area contributed by atoms with Gasteiger partial charge in [0, 0.05) is 41.1 Å². The molecular weight excluding hydrogens is 352 g/mol. The minimum Gasteiger partial charge on any atom is -0.371 e. The smallest absolute Gasteiger partial charge is 0.276 e. The summed E-state index contributed by atoms with van der Waals surface area (Å²) in [6.07, 6.45) is 10.8. The normalized spacial score (nSPS) is 16.5. The molecule has 7 nitrogen and oxygen atoms in total. The van der Waals surface area contributed by atoms with Crippen molar-refractivity contribution >= 4 is 28.2 Å². The molecule has 0 spiro atoms. The molecule has 0 atom stereocenters. The van der Waals surface area contributed by atoms with E-state index in [1.54, 1.807) is 6.20 Å². The van der Waals surface area contributed by atoms with Crippen molar-refractivity contribution in [3.05, 3.63) is 59.3 Å². The van der Waals surface area contributed by atoms with E-state index in [1.165, 1.54) is 18.4 Å². The van der Waals surface area contributed by atoms with Gasteiger partial charge < -0.3 is 15.2 Å². The first-order chi connectivity index (χ1) is 13.6. The van der Waals surface area contributed by atoms with Crippen molar-refractivity contribution < 1.29 is 4.79 Å². The second-order valence-corrected chi connectivity index (χ2v) is 7.52. The number of fused-ring (bicyclic) bond motifs is 1. The Bertz CT molecular complexity index is 1130. The number of allylic oxidation sites excluding steroid dienone is 2. The van der Waals surface area contributed by atoms with Gasteiger partial charge in [-0.25, -0.2) is 4.98 Å². The summed E-state index contributed by atoms with van der Waals surface area (Å²) in [6.45, 7) is 4.72. The predicted molar refractivity (Wildman–Crippen MR) is 109 cm³/mol. The first-order valence-electron chi connectivity index (χ1n) is 9.54. The molecule has 0 radical (unpaired) electrons. The Hall–Kier alpha value is -3.35. The molecule has 0 saturated heterocycles. The van der Waals surface area contributed by atoms with Crippen molar-refractivity contribution in [2.45, 2.75) is 32.7 Å². The fourth-order valence-electron chi connectivity index (χ4n) is 3.52. The predicted octanol–water partition coefficient (Wildman–Crippen LogP) is 3.53. The fourth-order valence-corrected chi connectivity index (χ4v) is 3.52. The van der Waals surface area contributed by atoms with Gasteiger partial charge in [-0.15, -0.1) is 0 Å². The molecule has 0 aromatic carbocycles. The summed E-state index contributed by atoms with van der Waals surface area (Å²) < 4.78 is 0. The molecule has 1 fully saturated rings. The number of nitrogens with zero attached hydrogens (tertiary/aromatic N) is 3. The monoisotopic (exact) mass is 374 g/mol. The highest BCUT2D eigenvalue weighted by Crippen LogP contribution is 2.31. The van der Waals surface area contributed by atoms with Gasteiger partial charge in [0.15, 0.2) is 5.69 Å². The maximum absolute atomic E-state index is 12.5. The molecule has 1 saturated carbocycles. The van der Waals surface area contributed by atoms with Crippen molar-refractivity contribution in [3.63, 3.8) is 0 Å². The van der Waals surface area contributed by atoms with Crippen LogP contribution in [-0.4, -0.2) is 43.6 Å². The lowest BCUT2D eigenvalue weighted by atomic mass is 10.1. The molecule has 5 rings (SSSR count). The third kappa shape index (κ3) is 2.98. The minimum absolute atomic E-state index is 0.239. The zero-order valence-electron chi connectivity index (χ0n) is 15.9. The maximum atomic E-state index is 12.5. The molecule has 7 heteroatoms. The Morgan fingerprint density at radius 3 is 2.82 bits per heavy atom. The van der Waals surface area contributed by atoms with Crippen LogP contribution in [0.1, 0.15) is 40.3 Å². The quantitative estimate of drug-likeness (QED) is 0.652. The number of amides is 1. The fraction of sp³-hybridized carbons (Fsp3) is 0.286. The Balaban J connectivity index is 1.36. The van der Waals surface area contributed by atoms with Gasteiger partial charge in [0.1, 0.15) is 5.65 Å². The third-order valence-corrected chi connectivity index (χ3v) is 5.49. The number of aromatic nitrogens is 4. The molecule has 4 heterocycles. The zero-order chi connectivity index (χ0) is 19.3. The van der Waals surface area contributed by atoms with Crippen molar-refractivity contribution in [2.75, 3.05) is 11.9 Å². The van der Waals surface area contributed by atoms with E-state index in [0.717, 1.165) is 40.6 Å². The highest BCUT2D eigenvalue weighted by Gasteiger charge is 2.27. The van der Waals surface area contributed by atoms with Crippen molar-refractivity contribution in [1.29, 1.82) is 0 Å². The number of aromatic amines is 2. The van der Waals surface area contributed by atoms with E-state index < -0.39 is 0 Å². The van der Waals surface area contributed by atoms with E-state index >= 15 is 0 Å². The molecule has 142 valence electrons. The Labute approximate surface area is 162 Å². The van der Waals surface area contributed by atoms with Crippen LogP contribution in [0.25, 0.3) is 16.6 Å². The van der Waals surface area contributed by atoms with Crippen LogP contribution in [0.2, 0.25) is 0 Å². The van der Waals surface area contributed by atoms with Gasteiger partial charge >= 0.3 is 0 Å². The van der Waals surface area contributed by atoms with E-state index in [0.29, 0.717) is 11.4 Å². The van der Waals surface area contributed by atoms with Crippen LogP contribution in [0, 0.1) is 13.8 Å². The van der Waals surface area contributed by atoms with Gasteiger partial charge in [-0.2, -0.15) is 5.10 Å². The van der Waals surface area contributed by atoms with E-state index in [-0.39, 0.29) is 5.91 Å². The molecular formula is C21H22N6O. The van der Waals surface area contributed by atoms with Gasteiger partial charge in [0.25, 0.3) is 5.91 Å². The molecule has 3 aromatic rings. The average Bonchev–Trinajstić information content (AvgIpc) is 3.38. The number of H-pyrrole nitrogens is 2. The number of hydrogen-bond donors (Lipinski definition) is 3. The number of anilines is 1. The molecule has 28 heavy (non-hydrogen) atoms. The summed E-state index contributed by atoms with van der Waals surface area (Å²) in [6, 6.07) is 4.73. The summed E-state index contributed by atoms with van der Waals surface area (Å²) in [4.78, 5) is 22.7. The van der Waals surface area contributed by atoms with Crippen LogP contribution >= 0.6 is 0 Å². The van der Waals surface area contributed by atoms with E-state index in [1.807, 2.05) is 19.9 Å². The average molecular weight is 374 g/mol. The van der Waals surface area contributed by atoms with Crippen molar-refractivity contribution in [2.24, 2.45) is 0 Å². The van der Waals surface area contributed by atoms with Gasteiger partial charge in [-0.05, 0) is 50.5 Å². The molecule has 0 unspecified atom stereocenters. The first-order valence-corrected chi connectivity index (χ1v) is 9.54. The summed E-state index contributed by atoms with van der Waals surface area (Å²) in [5.74, 6) is -0.239. The van der Waals surface area contributed by atoms with Crippen molar-refractivity contribution in [1.82, 2.24) is 25.1 Å². The lowest BCUT2D eigenvalue weighted by molar-refractivity contribution is 0.102. The molecule has 1 aliphatic carbocycles. The number of carbonyl (C=O) groups excluding carboxylic acids is 1. The van der Waals surface area contributed by atoms with Crippen molar-refractivity contribution in [3.8, 4) is 0 Å². The standard InChI is InChI=1S/C21H22N6O/c1-12-13(2)25-26-19(12)21(28)23-16-9-15-10-18(24-20(15)22-11-16)14-5-7-27(8-6-14)17-3-4-17/h5-7,9-11,17H,3-4,8H2,1-2H3,(H,22,24)(H,23,28)(H,25,26). The van der Waals surface area contributed by atoms with Gasteiger partial charge in [-0.1, -0.05) is 6.08 Å². The summed E-state index contributed by atoms with van der Waals surface area (Å²) in [5.41, 5.74) is 5.81. The van der Waals surface area contributed by atoms with E-state index in [2.05, 4.69) is 54.8 Å². The van der Waals surface area contributed by atoms with E-state index in [9.17, 15) is 4.79 Å². The number of aryl methyl sites for hydroxylation is 1. The lowest BCUT2D eigenvalue weighted by Gasteiger charge is -2.21. The minimum atomic E-state index is -0.239. The molecule has 0 bridgehead atoms. The largest absolute Gasteiger partial charge is 0.371 e. The SMILES string of the molecule is Cc1[nH]nc(C(=O)Nc2cnc3[nH]c(C4=CCN(C5CC5)C=C4)cc3c2)c1C. The molecule has 3 aromatic heterocycles. The number of carbonyl (C=O) groups is 1. The maximum Gasteiger partial charge on any atom is 0.276 e. The third-order valence-electron chi connectivity index (χ3n) is 5.49. The molecule has 3 N–H and O–H groups in total. The lowest BCUT2D eigenvalue weighted by Crippen LogP contribution is -2.21. The second kappa shape index (κ2) is 6.37. The van der Waals surface area contributed by atoms with Gasteiger partial charge in [0.05, 0.1) is 11.9 Å². The molecule has 1 amide bonds. The van der Waals surface area contributed by atoms with Gasteiger partial charge in [0.2, 0.25) is 0 Å². The van der Waals surface area contributed by atoms with Crippen LogP contribution in [0.3, 0.4) is 0 Å². The number of rotatable bonds is 4. The Kier molecular flexibility index (Phi) is 3.82. The van der Waals surface area contributed by atoms with Crippen LogP contribution in [-0.2, 0) is 0 Å². The topological polar surface area (TPSA) is 89.7 Å². The van der Waals surface area contributed by atoms with Crippen LogP contribution in [0.15, 0.2) is 36.7 Å². The Morgan fingerprint density at radius 2 is 2.14 bits per heavy atom. The number of hydrogen-bond acceptors (Lipinski definition) is 4. The van der Waals surface area contributed by atoms with Gasteiger partial charge in [-0.3, -0.25) is 9.89 Å².